The van der Waals surface area contributed by atoms with Crippen molar-refractivity contribution >= 4 is 5.78 Å². The summed E-state index contributed by atoms with van der Waals surface area (Å²) in [5.74, 6) is 4.44. The van der Waals surface area contributed by atoms with E-state index in [9.17, 15) is 9.90 Å². The number of aliphatic hydroxyl groups excluding tert-OH is 1. The summed E-state index contributed by atoms with van der Waals surface area (Å²) in [6.07, 6.45) is 9.69. The van der Waals surface area contributed by atoms with Gasteiger partial charge in [0.25, 0.3) is 0 Å². The van der Waals surface area contributed by atoms with Crippen molar-refractivity contribution in [3.8, 4) is 0 Å². The van der Waals surface area contributed by atoms with Crippen LogP contribution in [0.4, 0.5) is 0 Å². The molecule has 0 unspecified atom stereocenters. The van der Waals surface area contributed by atoms with Crippen LogP contribution in [0.3, 0.4) is 0 Å². The molecule has 4 aliphatic carbocycles. The summed E-state index contributed by atoms with van der Waals surface area (Å²) in [5, 5.41) is 10.1. The minimum Gasteiger partial charge on any atom is -0.393 e. The second kappa shape index (κ2) is 5.56. The van der Waals surface area contributed by atoms with Crippen LogP contribution in [-0.4, -0.2) is 17.0 Å². The number of ketones is 1. The molecule has 0 radical (unpaired) electrons. The van der Waals surface area contributed by atoms with Gasteiger partial charge in [-0.05, 0) is 98.7 Å². The molecule has 2 heteroatoms. The van der Waals surface area contributed by atoms with E-state index in [4.69, 9.17) is 0 Å². The van der Waals surface area contributed by atoms with Gasteiger partial charge in [-0.2, -0.15) is 0 Å². The SMILES string of the molecule is CC(=O)[C@@H]1[C@H](C)C[C@@H]2[C@@H]3CC[C@@H]4C[C@H](O)CC[C@]4(C)[C@H]3CC[C@@]21C. The van der Waals surface area contributed by atoms with Gasteiger partial charge in [0.2, 0.25) is 0 Å². The van der Waals surface area contributed by atoms with E-state index in [1.165, 1.54) is 38.5 Å². The van der Waals surface area contributed by atoms with Crippen LogP contribution in [0.15, 0.2) is 0 Å². The van der Waals surface area contributed by atoms with E-state index in [-0.39, 0.29) is 11.5 Å². The van der Waals surface area contributed by atoms with Crippen LogP contribution in [0.5, 0.6) is 0 Å². The molecule has 24 heavy (non-hydrogen) atoms. The lowest BCUT2D eigenvalue weighted by atomic mass is 9.44. The quantitative estimate of drug-likeness (QED) is 0.746. The van der Waals surface area contributed by atoms with E-state index >= 15 is 0 Å². The standard InChI is InChI=1S/C22H36O2/c1-13-11-19-17-6-5-15-12-16(24)7-9-21(15,3)18(17)8-10-22(19,4)20(13)14(2)23/h13,15-20,24H,5-12H2,1-4H3/t13-,15-,16-,17-,18+,19-,20+,21+,22+/m1/s1. The maximum absolute atomic E-state index is 12.4. The Morgan fingerprint density at radius 1 is 0.958 bits per heavy atom. The number of rotatable bonds is 1. The third kappa shape index (κ3) is 2.20. The summed E-state index contributed by atoms with van der Waals surface area (Å²) in [7, 11) is 0. The van der Waals surface area contributed by atoms with E-state index in [1.807, 2.05) is 6.92 Å². The highest BCUT2D eigenvalue weighted by Gasteiger charge is 2.62. The number of fused-ring (bicyclic) bond motifs is 5. The average molecular weight is 333 g/mol. The van der Waals surface area contributed by atoms with Crippen LogP contribution in [-0.2, 0) is 4.79 Å². The predicted octanol–water partition coefficient (Wildman–Crippen LogP) is 4.84. The summed E-state index contributed by atoms with van der Waals surface area (Å²) in [5.41, 5.74) is 0.699. The maximum Gasteiger partial charge on any atom is 0.133 e. The van der Waals surface area contributed by atoms with E-state index in [1.54, 1.807) is 0 Å². The molecule has 9 atom stereocenters. The van der Waals surface area contributed by atoms with Gasteiger partial charge in [0.1, 0.15) is 5.78 Å². The van der Waals surface area contributed by atoms with Gasteiger partial charge in [0, 0.05) is 5.92 Å². The molecule has 0 aromatic rings. The van der Waals surface area contributed by atoms with E-state index in [0.29, 0.717) is 23.0 Å². The second-order valence-corrected chi connectivity index (χ2v) is 10.4. The Balaban J connectivity index is 1.64. The molecule has 4 rings (SSSR count). The van der Waals surface area contributed by atoms with Crippen LogP contribution < -0.4 is 0 Å². The molecule has 136 valence electrons. The smallest absolute Gasteiger partial charge is 0.133 e. The largest absolute Gasteiger partial charge is 0.393 e. The summed E-state index contributed by atoms with van der Waals surface area (Å²) in [6, 6.07) is 0. The summed E-state index contributed by atoms with van der Waals surface area (Å²) < 4.78 is 0. The molecule has 1 N–H and O–H groups in total. The van der Waals surface area contributed by atoms with E-state index in [2.05, 4.69) is 20.8 Å². The van der Waals surface area contributed by atoms with Gasteiger partial charge in [-0.25, -0.2) is 0 Å². The maximum atomic E-state index is 12.4. The molecule has 0 heterocycles. The van der Waals surface area contributed by atoms with Crippen molar-refractivity contribution in [1.29, 1.82) is 0 Å². The van der Waals surface area contributed by atoms with Gasteiger partial charge >= 0.3 is 0 Å². The average Bonchev–Trinajstić information content (AvgIpc) is 2.78. The first-order valence-corrected chi connectivity index (χ1v) is 10.5. The van der Waals surface area contributed by atoms with Crippen LogP contribution in [0.25, 0.3) is 0 Å². The normalized spacial score (nSPS) is 57.0. The molecule has 0 amide bonds. The first kappa shape index (κ1) is 17.1. The first-order chi connectivity index (χ1) is 11.3. The zero-order valence-electron chi connectivity index (χ0n) is 16.1. The molecular formula is C22H36O2. The highest BCUT2D eigenvalue weighted by Crippen LogP contribution is 2.68. The van der Waals surface area contributed by atoms with Gasteiger partial charge in [0.05, 0.1) is 6.10 Å². The number of hydrogen-bond acceptors (Lipinski definition) is 2. The molecule has 0 spiro atoms. The Bertz CT molecular complexity index is 528. The number of hydrogen-bond donors (Lipinski definition) is 1. The molecule has 0 aliphatic heterocycles. The lowest BCUT2D eigenvalue weighted by molar-refractivity contribution is -0.139. The summed E-state index contributed by atoms with van der Waals surface area (Å²) in [6.45, 7) is 9.16. The second-order valence-electron chi connectivity index (χ2n) is 10.4. The monoisotopic (exact) mass is 332 g/mol. The number of aliphatic hydroxyl groups is 1. The van der Waals surface area contributed by atoms with Crippen molar-refractivity contribution in [3.63, 3.8) is 0 Å². The number of carbonyl (C=O) groups excluding carboxylic acids is 1. The fraction of sp³-hybridized carbons (Fsp3) is 0.955. The number of Topliss-reactive ketones (excluding diaryl/α,β-unsaturated/α-hetero) is 1. The van der Waals surface area contributed by atoms with Gasteiger partial charge in [0.15, 0.2) is 0 Å². The topological polar surface area (TPSA) is 37.3 Å². The van der Waals surface area contributed by atoms with Crippen LogP contribution in [0.2, 0.25) is 0 Å². The van der Waals surface area contributed by atoms with Gasteiger partial charge in [-0.15, -0.1) is 0 Å². The Morgan fingerprint density at radius 2 is 1.67 bits per heavy atom. The lowest BCUT2D eigenvalue weighted by Crippen LogP contribution is -2.54. The van der Waals surface area contributed by atoms with Crippen molar-refractivity contribution < 1.29 is 9.90 Å². The fourth-order valence-corrected chi connectivity index (χ4v) is 8.46. The van der Waals surface area contributed by atoms with E-state index in [0.717, 1.165) is 36.5 Å². The highest BCUT2D eigenvalue weighted by molar-refractivity contribution is 5.80. The van der Waals surface area contributed by atoms with Crippen LogP contribution in [0.1, 0.15) is 79.1 Å². The first-order valence-electron chi connectivity index (χ1n) is 10.5. The third-order valence-corrected chi connectivity index (χ3v) is 9.42. The van der Waals surface area contributed by atoms with Crippen molar-refractivity contribution in [2.75, 3.05) is 0 Å². The molecule has 4 saturated carbocycles. The van der Waals surface area contributed by atoms with Gasteiger partial charge < -0.3 is 5.11 Å². The molecule has 4 aliphatic rings. The Labute approximate surface area is 147 Å². The van der Waals surface area contributed by atoms with Crippen LogP contribution in [0, 0.1) is 46.3 Å². The summed E-state index contributed by atoms with van der Waals surface area (Å²) in [4.78, 5) is 12.4. The number of carbonyl (C=O) groups is 1. The lowest BCUT2D eigenvalue weighted by Gasteiger charge is -2.60. The van der Waals surface area contributed by atoms with Crippen LogP contribution >= 0.6 is 0 Å². The van der Waals surface area contributed by atoms with Crippen molar-refractivity contribution in [3.05, 3.63) is 0 Å². The minimum absolute atomic E-state index is 0.0536. The molecule has 0 saturated heterocycles. The Morgan fingerprint density at radius 3 is 2.38 bits per heavy atom. The zero-order valence-corrected chi connectivity index (χ0v) is 16.1. The molecule has 4 fully saturated rings. The van der Waals surface area contributed by atoms with Gasteiger partial charge in [-0.1, -0.05) is 20.8 Å². The van der Waals surface area contributed by atoms with Crippen molar-refractivity contribution in [2.24, 2.45) is 46.3 Å². The van der Waals surface area contributed by atoms with Crippen molar-refractivity contribution in [1.82, 2.24) is 0 Å². The van der Waals surface area contributed by atoms with Gasteiger partial charge in [-0.3, -0.25) is 4.79 Å². The molecule has 2 nitrogen and oxygen atoms in total. The third-order valence-electron chi connectivity index (χ3n) is 9.42. The van der Waals surface area contributed by atoms with E-state index < -0.39 is 0 Å². The molecule has 0 bridgehead atoms. The highest BCUT2D eigenvalue weighted by atomic mass is 16.3. The fourth-order valence-electron chi connectivity index (χ4n) is 8.46. The molecule has 0 aromatic heterocycles. The van der Waals surface area contributed by atoms with Crippen molar-refractivity contribution in [2.45, 2.75) is 85.2 Å². The summed E-state index contributed by atoms with van der Waals surface area (Å²) >= 11 is 0. The molecular weight excluding hydrogens is 296 g/mol. The predicted molar refractivity (Wildman–Crippen MR) is 96.5 cm³/mol. The zero-order chi connectivity index (χ0) is 17.3. The molecule has 0 aromatic carbocycles. The minimum atomic E-state index is -0.0536. The Hall–Kier alpha value is -0.370. The Kier molecular flexibility index (Phi) is 3.95.